The molecule has 0 amide bonds. The van der Waals surface area contributed by atoms with E-state index in [-0.39, 0.29) is 5.97 Å². The van der Waals surface area contributed by atoms with Crippen LogP contribution in [0, 0.1) is 0 Å². The fourth-order valence-electron chi connectivity index (χ4n) is 2.30. The summed E-state index contributed by atoms with van der Waals surface area (Å²) in [4.78, 5) is 10.9. The van der Waals surface area contributed by atoms with Gasteiger partial charge in [0.25, 0.3) is 0 Å². The number of ether oxygens (including phenoxy) is 1. The Morgan fingerprint density at radius 2 is 1.73 bits per heavy atom. The maximum atomic E-state index is 10.9. The number of hydrogen-bond acceptors (Lipinski definition) is 5. The van der Waals surface area contributed by atoms with E-state index in [4.69, 9.17) is 0 Å². The summed E-state index contributed by atoms with van der Waals surface area (Å²) in [5.41, 5.74) is 0. The number of hydrogen-bond donors (Lipinski definition) is 3. The molecule has 0 heterocycles. The highest BCUT2D eigenvalue weighted by atomic mass is 16.5. The van der Waals surface area contributed by atoms with Crippen molar-refractivity contribution in [3.8, 4) is 0 Å². The highest BCUT2D eigenvalue weighted by Gasteiger charge is 2.11. The second kappa shape index (κ2) is 17.0. The van der Waals surface area contributed by atoms with Gasteiger partial charge in [0, 0.05) is 6.42 Å². The molecule has 0 fully saturated rings. The standard InChI is InChI=1S/C21H36O5/c1-3-4-10-13-18(22)16-17-20(24)19(23)14-11-8-6-5-7-9-12-15-21(25)26-2/h5,7-8,11,16-20,22-24H,3-4,6,9-10,12-15H2,1-2H3/b7-5-,11-8-,17-16+/t18-,19+,20-/m0/s1. The van der Waals surface area contributed by atoms with Crippen molar-refractivity contribution < 1.29 is 24.9 Å². The minimum Gasteiger partial charge on any atom is -0.469 e. The van der Waals surface area contributed by atoms with Gasteiger partial charge < -0.3 is 20.1 Å². The van der Waals surface area contributed by atoms with Crippen LogP contribution in [0.4, 0.5) is 0 Å². The molecule has 3 atom stereocenters. The number of esters is 1. The minimum atomic E-state index is -0.977. The van der Waals surface area contributed by atoms with E-state index < -0.39 is 18.3 Å². The van der Waals surface area contributed by atoms with E-state index in [0.717, 1.165) is 38.5 Å². The van der Waals surface area contributed by atoms with Gasteiger partial charge in [-0.2, -0.15) is 0 Å². The van der Waals surface area contributed by atoms with Crippen molar-refractivity contribution in [2.24, 2.45) is 0 Å². The molecule has 0 radical (unpaired) electrons. The summed E-state index contributed by atoms with van der Waals surface area (Å²) < 4.78 is 4.57. The molecule has 0 aromatic rings. The van der Waals surface area contributed by atoms with Crippen LogP contribution in [0.5, 0.6) is 0 Å². The van der Waals surface area contributed by atoms with Gasteiger partial charge in [-0.3, -0.25) is 4.79 Å². The zero-order valence-electron chi connectivity index (χ0n) is 16.2. The van der Waals surface area contributed by atoms with Crippen molar-refractivity contribution in [3.63, 3.8) is 0 Å². The molecule has 26 heavy (non-hydrogen) atoms. The normalized spacial score (nSPS) is 15.7. The monoisotopic (exact) mass is 368 g/mol. The molecule has 0 aliphatic rings. The van der Waals surface area contributed by atoms with Crippen LogP contribution in [0.2, 0.25) is 0 Å². The van der Waals surface area contributed by atoms with E-state index in [1.54, 1.807) is 6.08 Å². The minimum absolute atomic E-state index is 0.187. The predicted octanol–water partition coefficient (Wildman–Crippen LogP) is 3.44. The van der Waals surface area contributed by atoms with Crippen molar-refractivity contribution in [1.82, 2.24) is 0 Å². The van der Waals surface area contributed by atoms with Crippen LogP contribution in [0.25, 0.3) is 0 Å². The number of carbonyl (C=O) groups excluding carboxylic acids is 1. The van der Waals surface area contributed by atoms with E-state index in [2.05, 4.69) is 11.7 Å². The Labute approximate surface area is 158 Å². The zero-order chi connectivity index (χ0) is 19.6. The van der Waals surface area contributed by atoms with Crippen molar-refractivity contribution >= 4 is 5.97 Å². The SMILES string of the molecule is CCCCC[C@H](O)/C=C/[C@H](O)[C@H](O)C/C=C\C/C=C\CCCC(=O)OC. The van der Waals surface area contributed by atoms with Crippen molar-refractivity contribution in [1.29, 1.82) is 0 Å². The first-order chi connectivity index (χ1) is 12.5. The lowest BCUT2D eigenvalue weighted by Crippen LogP contribution is -2.23. The number of unbranched alkanes of at least 4 members (excludes halogenated alkanes) is 3. The van der Waals surface area contributed by atoms with Crippen molar-refractivity contribution in [2.45, 2.75) is 83.0 Å². The highest BCUT2D eigenvalue weighted by molar-refractivity contribution is 5.69. The number of rotatable bonds is 15. The van der Waals surface area contributed by atoms with Gasteiger partial charge in [0.2, 0.25) is 0 Å². The predicted molar refractivity (Wildman–Crippen MR) is 105 cm³/mol. The van der Waals surface area contributed by atoms with Gasteiger partial charge in [-0.05, 0) is 32.1 Å². The molecule has 0 saturated carbocycles. The molecule has 150 valence electrons. The summed E-state index contributed by atoms with van der Waals surface area (Å²) in [5, 5.41) is 29.5. The van der Waals surface area contributed by atoms with Gasteiger partial charge in [-0.15, -0.1) is 0 Å². The maximum Gasteiger partial charge on any atom is 0.305 e. The molecule has 5 nitrogen and oxygen atoms in total. The number of allylic oxidation sites excluding steroid dienone is 3. The van der Waals surface area contributed by atoms with Crippen LogP contribution in [0.1, 0.15) is 64.7 Å². The average molecular weight is 369 g/mol. The van der Waals surface area contributed by atoms with Gasteiger partial charge in [0.15, 0.2) is 0 Å². The fourth-order valence-corrected chi connectivity index (χ4v) is 2.30. The van der Waals surface area contributed by atoms with Crippen molar-refractivity contribution in [3.05, 3.63) is 36.5 Å². The van der Waals surface area contributed by atoms with Gasteiger partial charge >= 0.3 is 5.97 Å². The highest BCUT2D eigenvalue weighted by Crippen LogP contribution is 2.07. The lowest BCUT2D eigenvalue weighted by Gasteiger charge is -2.13. The maximum absolute atomic E-state index is 10.9. The molecular weight excluding hydrogens is 332 g/mol. The first-order valence-electron chi connectivity index (χ1n) is 9.60. The second-order valence-electron chi connectivity index (χ2n) is 6.39. The van der Waals surface area contributed by atoms with Gasteiger partial charge in [-0.25, -0.2) is 0 Å². The van der Waals surface area contributed by atoms with E-state index in [1.165, 1.54) is 13.2 Å². The summed E-state index contributed by atoms with van der Waals surface area (Å²) in [5.74, 6) is -0.187. The summed E-state index contributed by atoms with van der Waals surface area (Å²) in [6, 6.07) is 0. The molecule has 5 heteroatoms. The van der Waals surface area contributed by atoms with Gasteiger partial charge in [0.1, 0.15) is 0 Å². The molecule has 0 spiro atoms. The molecule has 3 N–H and O–H groups in total. The Hall–Kier alpha value is -1.43. The lowest BCUT2D eigenvalue weighted by molar-refractivity contribution is -0.140. The first-order valence-corrected chi connectivity index (χ1v) is 9.60. The molecule has 0 aromatic heterocycles. The fraction of sp³-hybridized carbons (Fsp3) is 0.667. The Morgan fingerprint density at radius 3 is 2.42 bits per heavy atom. The second-order valence-corrected chi connectivity index (χ2v) is 6.39. The third-order valence-electron chi connectivity index (χ3n) is 3.99. The molecule has 0 aliphatic carbocycles. The molecular formula is C21H36O5. The number of carbonyl (C=O) groups is 1. The summed E-state index contributed by atoms with van der Waals surface area (Å²) in [7, 11) is 1.39. The topological polar surface area (TPSA) is 87.0 Å². The Balaban J connectivity index is 3.85. The quantitative estimate of drug-likeness (QED) is 0.234. The third kappa shape index (κ3) is 14.9. The Kier molecular flexibility index (Phi) is 16.1. The van der Waals surface area contributed by atoms with Crippen molar-refractivity contribution in [2.75, 3.05) is 7.11 Å². The van der Waals surface area contributed by atoms with E-state index >= 15 is 0 Å². The van der Waals surface area contributed by atoms with Crippen LogP contribution in [0.15, 0.2) is 36.5 Å². The number of aliphatic hydroxyl groups is 3. The molecule has 0 saturated heterocycles. The van der Waals surface area contributed by atoms with Crippen LogP contribution in [-0.4, -0.2) is 46.7 Å². The Bertz CT molecular complexity index is 428. The van der Waals surface area contributed by atoms with Crippen LogP contribution < -0.4 is 0 Å². The molecule has 0 bridgehead atoms. The largest absolute Gasteiger partial charge is 0.469 e. The zero-order valence-corrected chi connectivity index (χ0v) is 16.2. The Morgan fingerprint density at radius 1 is 1.00 bits per heavy atom. The van der Waals surface area contributed by atoms with Gasteiger partial charge in [0.05, 0.1) is 25.4 Å². The molecule has 0 aromatic carbocycles. The molecule has 0 rings (SSSR count). The average Bonchev–Trinajstić information content (AvgIpc) is 2.64. The van der Waals surface area contributed by atoms with Gasteiger partial charge in [-0.1, -0.05) is 62.6 Å². The van der Waals surface area contributed by atoms with Crippen LogP contribution in [-0.2, 0) is 9.53 Å². The smallest absolute Gasteiger partial charge is 0.305 e. The van der Waals surface area contributed by atoms with E-state index in [9.17, 15) is 20.1 Å². The molecule has 0 aliphatic heterocycles. The van der Waals surface area contributed by atoms with E-state index in [0.29, 0.717) is 19.3 Å². The van der Waals surface area contributed by atoms with Crippen LogP contribution in [0.3, 0.4) is 0 Å². The van der Waals surface area contributed by atoms with E-state index in [1.807, 2.05) is 24.3 Å². The summed E-state index contributed by atoms with van der Waals surface area (Å²) in [6.07, 6.45) is 15.3. The third-order valence-corrected chi connectivity index (χ3v) is 3.99. The lowest BCUT2D eigenvalue weighted by atomic mass is 10.1. The van der Waals surface area contributed by atoms with Crippen LogP contribution >= 0.6 is 0 Å². The number of methoxy groups -OCH3 is 1. The first kappa shape index (κ1) is 24.6. The molecule has 0 unspecified atom stereocenters. The number of aliphatic hydroxyl groups excluding tert-OH is 3. The summed E-state index contributed by atoms with van der Waals surface area (Å²) >= 11 is 0. The summed E-state index contributed by atoms with van der Waals surface area (Å²) in [6.45, 7) is 2.11.